The first-order valence-corrected chi connectivity index (χ1v) is 13.0. The number of pyridine rings is 2. The minimum atomic E-state index is -0.0786. The Bertz CT molecular complexity index is 1360. The molecular formula is C27H33N7O2. The lowest BCUT2D eigenvalue weighted by atomic mass is 10.0. The maximum Gasteiger partial charge on any atom is 0.150 e. The van der Waals surface area contributed by atoms with Gasteiger partial charge in [0.05, 0.1) is 30.6 Å². The van der Waals surface area contributed by atoms with Gasteiger partial charge in [-0.3, -0.25) is 9.67 Å². The molecule has 2 saturated heterocycles. The van der Waals surface area contributed by atoms with Crippen LogP contribution in [0.5, 0.6) is 0 Å². The first-order valence-electron chi connectivity index (χ1n) is 13.0. The zero-order valence-corrected chi connectivity index (χ0v) is 21.2. The molecule has 6 heterocycles. The van der Waals surface area contributed by atoms with Crippen LogP contribution in [0.4, 0.5) is 5.82 Å². The number of nitrogens with zero attached hydrogens (tertiary/aromatic N) is 7. The molecule has 2 aliphatic heterocycles. The van der Waals surface area contributed by atoms with Crippen molar-refractivity contribution in [2.45, 2.75) is 58.3 Å². The van der Waals surface area contributed by atoms with Crippen LogP contribution in [0, 0.1) is 0 Å². The maximum atomic E-state index is 6.07. The average Bonchev–Trinajstić information content (AvgIpc) is 3.59. The first-order chi connectivity index (χ1) is 17.6. The molecule has 2 atom stereocenters. The van der Waals surface area contributed by atoms with Gasteiger partial charge in [0.25, 0.3) is 0 Å². The van der Waals surface area contributed by atoms with Crippen LogP contribution in [-0.4, -0.2) is 61.9 Å². The molecule has 4 aromatic heterocycles. The Hall–Kier alpha value is -3.30. The van der Waals surface area contributed by atoms with E-state index >= 15 is 0 Å². The topological polar surface area (TPSA) is 83.1 Å². The van der Waals surface area contributed by atoms with Gasteiger partial charge < -0.3 is 14.4 Å². The van der Waals surface area contributed by atoms with E-state index in [4.69, 9.17) is 19.4 Å². The molecule has 0 aromatic carbocycles. The summed E-state index contributed by atoms with van der Waals surface area (Å²) in [5.74, 6) is 0.930. The molecular weight excluding hydrogens is 454 g/mol. The summed E-state index contributed by atoms with van der Waals surface area (Å²) in [5.41, 5.74) is 4.77. The predicted molar refractivity (Wildman–Crippen MR) is 139 cm³/mol. The minimum absolute atomic E-state index is 0.0786. The molecule has 0 saturated carbocycles. The molecule has 0 spiro atoms. The van der Waals surface area contributed by atoms with E-state index < -0.39 is 0 Å². The van der Waals surface area contributed by atoms with E-state index in [-0.39, 0.29) is 18.3 Å². The average molecular weight is 488 g/mol. The Labute approximate surface area is 211 Å². The SMILES string of the molecule is CC1COCCN1c1cc(-c2ccnn2C(C)C)c2ccnc(-c3ccnn3C3CCCCO3)c2n1. The summed E-state index contributed by atoms with van der Waals surface area (Å²) in [6.07, 6.45) is 8.66. The second-order valence-corrected chi connectivity index (χ2v) is 9.94. The Balaban J connectivity index is 1.57. The maximum absolute atomic E-state index is 6.07. The lowest BCUT2D eigenvalue weighted by Crippen LogP contribution is -2.44. The van der Waals surface area contributed by atoms with Gasteiger partial charge in [0, 0.05) is 48.7 Å². The monoisotopic (exact) mass is 487 g/mol. The van der Waals surface area contributed by atoms with Crippen LogP contribution in [0.3, 0.4) is 0 Å². The number of anilines is 1. The number of rotatable bonds is 5. The normalized spacial score (nSPS) is 20.9. The summed E-state index contributed by atoms with van der Waals surface area (Å²) in [6.45, 7) is 9.42. The largest absolute Gasteiger partial charge is 0.377 e. The third kappa shape index (κ3) is 4.06. The summed E-state index contributed by atoms with van der Waals surface area (Å²) >= 11 is 0. The number of ether oxygens (including phenoxy) is 2. The second kappa shape index (κ2) is 9.63. The van der Waals surface area contributed by atoms with Gasteiger partial charge in [-0.15, -0.1) is 0 Å². The number of fused-ring (bicyclic) bond motifs is 1. The van der Waals surface area contributed by atoms with Crippen molar-refractivity contribution in [2.24, 2.45) is 0 Å². The Kier molecular flexibility index (Phi) is 6.18. The molecule has 9 heteroatoms. The van der Waals surface area contributed by atoms with Crippen LogP contribution in [0.2, 0.25) is 0 Å². The van der Waals surface area contributed by atoms with Gasteiger partial charge in [-0.05, 0) is 64.3 Å². The summed E-state index contributed by atoms with van der Waals surface area (Å²) in [6, 6.07) is 8.82. The van der Waals surface area contributed by atoms with Crippen LogP contribution in [-0.2, 0) is 9.47 Å². The fourth-order valence-electron chi connectivity index (χ4n) is 5.34. The summed E-state index contributed by atoms with van der Waals surface area (Å²) < 4.78 is 15.8. The lowest BCUT2D eigenvalue weighted by molar-refractivity contribution is -0.0383. The van der Waals surface area contributed by atoms with Gasteiger partial charge in [0.15, 0.2) is 6.23 Å². The van der Waals surface area contributed by atoms with Gasteiger partial charge in [-0.1, -0.05) is 0 Å². The Morgan fingerprint density at radius 1 is 1.00 bits per heavy atom. The Morgan fingerprint density at radius 2 is 1.86 bits per heavy atom. The third-order valence-electron chi connectivity index (χ3n) is 7.15. The molecule has 0 amide bonds. The quantitative estimate of drug-likeness (QED) is 0.397. The highest BCUT2D eigenvalue weighted by molar-refractivity contribution is 6.01. The molecule has 6 rings (SSSR count). The second-order valence-electron chi connectivity index (χ2n) is 9.94. The highest BCUT2D eigenvalue weighted by Gasteiger charge is 2.26. The van der Waals surface area contributed by atoms with Crippen molar-refractivity contribution in [1.29, 1.82) is 0 Å². The van der Waals surface area contributed by atoms with Crippen molar-refractivity contribution in [1.82, 2.24) is 29.5 Å². The molecule has 0 aliphatic carbocycles. The van der Waals surface area contributed by atoms with E-state index in [9.17, 15) is 0 Å². The number of aromatic nitrogens is 6. The fraction of sp³-hybridized carbons (Fsp3) is 0.481. The van der Waals surface area contributed by atoms with E-state index in [1.165, 1.54) is 0 Å². The molecule has 2 aliphatic rings. The van der Waals surface area contributed by atoms with Crippen molar-refractivity contribution < 1.29 is 9.47 Å². The third-order valence-corrected chi connectivity index (χ3v) is 7.15. The van der Waals surface area contributed by atoms with Gasteiger partial charge >= 0.3 is 0 Å². The zero-order chi connectivity index (χ0) is 24.6. The van der Waals surface area contributed by atoms with E-state index in [1.807, 2.05) is 29.3 Å². The lowest BCUT2D eigenvalue weighted by Gasteiger charge is -2.34. The molecule has 36 heavy (non-hydrogen) atoms. The van der Waals surface area contributed by atoms with Crippen molar-refractivity contribution in [3.63, 3.8) is 0 Å². The molecule has 188 valence electrons. The summed E-state index contributed by atoms with van der Waals surface area (Å²) in [5, 5.41) is 10.3. The molecule has 9 nitrogen and oxygen atoms in total. The van der Waals surface area contributed by atoms with Crippen LogP contribution < -0.4 is 4.90 Å². The number of morpholine rings is 1. The van der Waals surface area contributed by atoms with Gasteiger partial charge in [-0.25, -0.2) is 9.67 Å². The van der Waals surface area contributed by atoms with Gasteiger partial charge in [-0.2, -0.15) is 10.2 Å². The van der Waals surface area contributed by atoms with Crippen LogP contribution in [0.25, 0.3) is 33.5 Å². The van der Waals surface area contributed by atoms with Crippen molar-refractivity contribution >= 4 is 16.7 Å². The zero-order valence-electron chi connectivity index (χ0n) is 21.2. The van der Waals surface area contributed by atoms with Crippen molar-refractivity contribution in [2.75, 3.05) is 31.3 Å². The molecule has 2 unspecified atom stereocenters. The number of hydrogen-bond acceptors (Lipinski definition) is 7. The van der Waals surface area contributed by atoms with Crippen LogP contribution in [0.15, 0.2) is 42.9 Å². The molecule has 0 N–H and O–H groups in total. The van der Waals surface area contributed by atoms with E-state index in [0.717, 1.165) is 71.8 Å². The molecule has 4 aromatic rings. The predicted octanol–water partition coefficient (Wildman–Crippen LogP) is 4.86. The summed E-state index contributed by atoms with van der Waals surface area (Å²) in [7, 11) is 0. The van der Waals surface area contributed by atoms with Gasteiger partial charge in [0.2, 0.25) is 0 Å². The van der Waals surface area contributed by atoms with Crippen molar-refractivity contribution in [3.05, 3.63) is 42.9 Å². The van der Waals surface area contributed by atoms with E-state index in [0.29, 0.717) is 13.2 Å². The van der Waals surface area contributed by atoms with Crippen molar-refractivity contribution in [3.8, 4) is 22.6 Å². The van der Waals surface area contributed by atoms with Gasteiger partial charge in [0.1, 0.15) is 17.0 Å². The smallest absolute Gasteiger partial charge is 0.150 e. The minimum Gasteiger partial charge on any atom is -0.377 e. The van der Waals surface area contributed by atoms with E-state index in [1.54, 1.807) is 0 Å². The van der Waals surface area contributed by atoms with Crippen LogP contribution >= 0.6 is 0 Å². The van der Waals surface area contributed by atoms with Crippen LogP contribution in [0.1, 0.15) is 52.3 Å². The molecule has 0 radical (unpaired) electrons. The standard InChI is InChI=1S/C27H33N7O2/c1-18(2)33-22(8-11-29-33)21-16-24(32-13-15-35-17-19(32)3)31-26-20(21)7-10-28-27(26)23-9-12-30-34(23)25-6-4-5-14-36-25/h7-12,16,18-19,25H,4-6,13-15,17H2,1-3H3. The fourth-order valence-corrected chi connectivity index (χ4v) is 5.34. The Morgan fingerprint density at radius 3 is 2.67 bits per heavy atom. The summed E-state index contributed by atoms with van der Waals surface area (Å²) in [4.78, 5) is 12.4. The first kappa shape index (κ1) is 23.1. The molecule has 0 bridgehead atoms. The molecule has 2 fully saturated rings. The highest BCUT2D eigenvalue weighted by Crippen LogP contribution is 2.37. The number of hydrogen-bond donors (Lipinski definition) is 0. The van der Waals surface area contributed by atoms with E-state index in [2.05, 4.69) is 58.7 Å². The highest BCUT2D eigenvalue weighted by atomic mass is 16.5.